The quantitative estimate of drug-likeness (QED) is 0.340. The number of nitrogens with zero attached hydrogens (tertiary/aromatic N) is 4. The molecule has 8 nitrogen and oxygen atoms in total. The summed E-state index contributed by atoms with van der Waals surface area (Å²) in [7, 11) is 0. The second kappa shape index (κ2) is 6.89. The van der Waals surface area contributed by atoms with E-state index in [9.17, 15) is 4.79 Å². The molecule has 1 aliphatic rings. The molecule has 0 saturated carbocycles. The van der Waals surface area contributed by atoms with Gasteiger partial charge in [0, 0.05) is 5.56 Å². The van der Waals surface area contributed by atoms with Crippen molar-refractivity contribution in [2.45, 2.75) is 12.8 Å². The number of para-hydroxylation sites is 1. The molecule has 0 saturated heterocycles. The summed E-state index contributed by atoms with van der Waals surface area (Å²) in [6.45, 7) is 1.86. The molecule has 2 aromatic carbocycles. The summed E-state index contributed by atoms with van der Waals surface area (Å²) < 4.78 is 19.6. The summed E-state index contributed by atoms with van der Waals surface area (Å²) in [5, 5.41) is 5.29. The minimum Gasteiger partial charge on any atom is -0.465 e. The Hall–Kier alpha value is -4.72. The van der Waals surface area contributed by atoms with Crippen molar-refractivity contribution in [2.24, 2.45) is 0 Å². The lowest BCUT2D eigenvalue weighted by Gasteiger charge is -2.25. The molecule has 34 heavy (non-hydrogen) atoms. The average molecular weight is 448 g/mol. The first-order valence-electron chi connectivity index (χ1n) is 10.8. The maximum atomic E-state index is 13.3. The molecule has 0 aliphatic carbocycles. The fraction of sp³-hybridized carbons (Fsp3) is 0.0769. The highest BCUT2D eigenvalue weighted by atomic mass is 16.5. The normalized spacial score (nSPS) is 14.7. The second-order valence-electron chi connectivity index (χ2n) is 8.14. The molecule has 1 aliphatic heterocycles. The summed E-state index contributed by atoms with van der Waals surface area (Å²) >= 11 is 0. The molecule has 0 amide bonds. The van der Waals surface area contributed by atoms with Crippen LogP contribution in [0.25, 0.3) is 28.0 Å². The van der Waals surface area contributed by atoms with Crippen LogP contribution in [0.1, 0.15) is 28.6 Å². The van der Waals surface area contributed by atoms with Crippen LogP contribution >= 0.6 is 0 Å². The van der Waals surface area contributed by atoms with Crippen LogP contribution in [-0.2, 0) is 0 Å². The number of aromatic nitrogens is 4. The molecule has 4 aromatic heterocycles. The molecule has 0 spiro atoms. The standard InChI is InChI=1S/C26H16N4O4/c1-14-11-12-18(32-14)19-20-22(16-9-5-6-10-17(16)33-26(20)31)34-25-21(19)24-28-23(29-30(24)13-27-25)15-7-3-2-4-8-15/h2-13,19H,1H3. The Bertz CT molecular complexity index is 1780. The predicted octanol–water partition coefficient (Wildman–Crippen LogP) is 5.09. The van der Waals surface area contributed by atoms with Gasteiger partial charge in [0.25, 0.3) is 0 Å². The van der Waals surface area contributed by atoms with E-state index in [1.807, 2.05) is 67.6 Å². The Labute approximate surface area is 192 Å². The maximum absolute atomic E-state index is 13.3. The van der Waals surface area contributed by atoms with Gasteiger partial charge in [-0.1, -0.05) is 42.5 Å². The minimum absolute atomic E-state index is 0.347. The zero-order valence-electron chi connectivity index (χ0n) is 17.9. The van der Waals surface area contributed by atoms with E-state index >= 15 is 0 Å². The molecule has 6 aromatic rings. The van der Waals surface area contributed by atoms with Crippen LogP contribution < -0.4 is 10.4 Å². The van der Waals surface area contributed by atoms with Crippen LogP contribution in [0.2, 0.25) is 0 Å². The highest BCUT2D eigenvalue weighted by molar-refractivity contribution is 5.86. The van der Waals surface area contributed by atoms with Crippen molar-refractivity contribution in [3.05, 3.63) is 106 Å². The lowest BCUT2D eigenvalue weighted by atomic mass is 9.88. The SMILES string of the molecule is Cc1ccc(C2c3c(c4ccccc4oc3=O)Oc3ncn4nc(-c5ccccc5)nc4c32)o1. The van der Waals surface area contributed by atoms with Crippen LogP contribution in [0.5, 0.6) is 11.6 Å². The van der Waals surface area contributed by atoms with Gasteiger partial charge in [-0.15, -0.1) is 5.10 Å². The number of ether oxygens (including phenoxy) is 1. The van der Waals surface area contributed by atoms with E-state index in [4.69, 9.17) is 18.6 Å². The number of fused-ring (bicyclic) bond motifs is 6. The molecule has 7 rings (SSSR count). The van der Waals surface area contributed by atoms with Crippen LogP contribution in [-0.4, -0.2) is 19.6 Å². The van der Waals surface area contributed by atoms with Gasteiger partial charge in [-0.25, -0.2) is 19.3 Å². The zero-order chi connectivity index (χ0) is 22.8. The van der Waals surface area contributed by atoms with Gasteiger partial charge in [-0.05, 0) is 31.2 Å². The van der Waals surface area contributed by atoms with E-state index in [1.54, 1.807) is 16.9 Å². The number of hydrogen-bond acceptors (Lipinski definition) is 7. The fourth-order valence-corrected chi connectivity index (χ4v) is 4.53. The molecule has 0 radical (unpaired) electrons. The first-order chi connectivity index (χ1) is 16.7. The van der Waals surface area contributed by atoms with Crippen molar-refractivity contribution >= 4 is 16.6 Å². The molecule has 0 fully saturated rings. The minimum atomic E-state index is -0.627. The van der Waals surface area contributed by atoms with Gasteiger partial charge >= 0.3 is 5.63 Å². The number of hydrogen-bond donors (Lipinski definition) is 0. The van der Waals surface area contributed by atoms with Crippen LogP contribution in [0.15, 0.2) is 86.7 Å². The highest BCUT2D eigenvalue weighted by Gasteiger charge is 2.39. The molecular formula is C26H16N4O4. The van der Waals surface area contributed by atoms with Crippen molar-refractivity contribution in [1.82, 2.24) is 19.6 Å². The van der Waals surface area contributed by atoms with Gasteiger partial charge in [0.2, 0.25) is 5.88 Å². The van der Waals surface area contributed by atoms with E-state index in [2.05, 4.69) is 10.1 Å². The third-order valence-corrected chi connectivity index (χ3v) is 6.04. The Morgan fingerprint density at radius 3 is 2.56 bits per heavy atom. The monoisotopic (exact) mass is 448 g/mol. The topological polar surface area (TPSA) is 95.7 Å². The lowest BCUT2D eigenvalue weighted by molar-refractivity contribution is 0.402. The molecule has 164 valence electrons. The molecular weight excluding hydrogens is 432 g/mol. The maximum Gasteiger partial charge on any atom is 0.344 e. The summed E-state index contributed by atoms with van der Waals surface area (Å²) in [5.74, 6) is 1.98. The van der Waals surface area contributed by atoms with Crippen molar-refractivity contribution in [2.75, 3.05) is 0 Å². The fourth-order valence-electron chi connectivity index (χ4n) is 4.53. The van der Waals surface area contributed by atoms with Gasteiger partial charge in [-0.3, -0.25) is 0 Å². The van der Waals surface area contributed by atoms with Crippen molar-refractivity contribution < 1.29 is 13.6 Å². The molecule has 0 bridgehead atoms. The summed E-state index contributed by atoms with van der Waals surface area (Å²) in [6.07, 6.45) is 1.57. The number of benzene rings is 2. The summed E-state index contributed by atoms with van der Waals surface area (Å²) in [5.41, 5.74) is 2.29. The Balaban J connectivity index is 1.56. The highest BCUT2D eigenvalue weighted by Crippen LogP contribution is 2.49. The Morgan fingerprint density at radius 2 is 1.74 bits per heavy atom. The molecule has 0 N–H and O–H groups in total. The first kappa shape index (κ1) is 18.8. The lowest BCUT2D eigenvalue weighted by Crippen LogP contribution is -2.22. The van der Waals surface area contributed by atoms with Gasteiger partial charge in [-0.2, -0.15) is 0 Å². The third-order valence-electron chi connectivity index (χ3n) is 6.04. The summed E-state index contributed by atoms with van der Waals surface area (Å²) in [4.78, 5) is 22.6. The number of aryl methyl sites for hydroxylation is 1. The molecule has 8 heteroatoms. The zero-order valence-corrected chi connectivity index (χ0v) is 17.9. The van der Waals surface area contributed by atoms with Crippen LogP contribution in [0.3, 0.4) is 0 Å². The molecule has 1 unspecified atom stereocenters. The number of rotatable bonds is 2. The third kappa shape index (κ3) is 2.65. The van der Waals surface area contributed by atoms with E-state index in [0.717, 1.165) is 11.3 Å². The summed E-state index contributed by atoms with van der Waals surface area (Å²) in [6, 6.07) is 20.7. The Kier molecular flexibility index (Phi) is 3.81. The van der Waals surface area contributed by atoms with E-state index in [1.165, 1.54) is 0 Å². The second-order valence-corrected chi connectivity index (χ2v) is 8.14. The molecule has 5 heterocycles. The Morgan fingerprint density at radius 1 is 0.912 bits per heavy atom. The van der Waals surface area contributed by atoms with Gasteiger partial charge in [0.1, 0.15) is 23.4 Å². The smallest absolute Gasteiger partial charge is 0.344 e. The number of furan rings is 1. The largest absolute Gasteiger partial charge is 0.465 e. The van der Waals surface area contributed by atoms with E-state index in [0.29, 0.717) is 51.0 Å². The van der Waals surface area contributed by atoms with Gasteiger partial charge < -0.3 is 13.6 Å². The first-order valence-corrected chi connectivity index (χ1v) is 10.8. The van der Waals surface area contributed by atoms with E-state index in [-0.39, 0.29) is 0 Å². The van der Waals surface area contributed by atoms with Gasteiger partial charge in [0.15, 0.2) is 17.2 Å². The van der Waals surface area contributed by atoms with Crippen molar-refractivity contribution in [3.63, 3.8) is 0 Å². The van der Waals surface area contributed by atoms with Crippen LogP contribution in [0, 0.1) is 6.92 Å². The van der Waals surface area contributed by atoms with Crippen LogP contribution in [0.4, 0.5) is 0 Å². The van der Waals surface area contributed by atoms with Gasteiger partial charge in [0.05, 0.1) is 22.4 Å². The van der Waals surface area contributed by atoms with E-state index < -0.39 is 11.5 Å². The van der Waals surface area contributed by atoms with Crippen molar-refractivity contribution in [1.29, 1.82) is 0 Å². The predicted molar refractivity (Wildman–Crippen MR) is 123 cm³/mol. The van der Waals surface area contributed by atoms with Crippen molar-refractivity contribution in [3.8, 4) is 23.0 Å². The average Bonchev–Trinajstić information content (AvgIpc) is 3.50. The molecule has 1 atom stereocenters.